The molecule has 0 aliphatic heterocycles. The van der Waals surface area contributed by atoms with E-state index in [0.29, 0.717) is 11.8 Å². The summed E-state index contributed by atoms with van der Waals surface area (Å²) >= 11 is 0. The molecule has 4 heteroatoms. The zero-order chi connectivity index (χ0) is 18.1. The van der Waals surface area contributed by atoms with Gasteiger partial charge < -0.3 is 10.2 Å². The van der Waals surface area contributed by atoms with E-state index >= 15 is 0 Å². The molecule has 25 heavy (non-hydrogen) atoms. The van der Waals surface area contributed by atoms with Crippen molar-refractivity contribution in [3.63, 3.8) is 0 Å². The molecule has 3 atom stereocenters. The number of hydrogen-bond acceptors (Lipinski definition) is 4. The van der Waals surface area contributed by atoms with Crippen molar-refractivity contribution in [1.82, 2.24) is 0 Å². The average Bonchev–Trinajstić information content (AvgIpc) is 2.90. The van der Waals surface area contributed by atoms with Gasteiger partial charge in [-0.2, -0.15) is 0 Å². The molecule has 0 spiro atoms. The maximum Gasteiger partial charge on any atom is 0.149 e. The number of aryl methyl sites for hydroxylation is 1. The van der Waals surface area contributed by atoms with Gasteiger partial charge in [-0.25, -0.2) is 0 Å². The number of nitrogens with zero attached hydrogens (tertiary/aromatic N) is 1. The van der Waals surface area contributed by atoms with E-state index in [1.54, 1.807) is 24.3 Å². The minimum absolute atomic E-state index is 0.0425. The molecule has 0 heterocycles. The first kappa shape index (κ1) is 17.5. The quantitative estimate of drug-likeness (QED) is 0.702. The standard InChI is InChI=1S/C21H25NO3/c1-4-12(2)7-15-9-14-10-20(24)19(22-25)11-18(14)21(15)17-6-5-16(23)8-13(17)3/h5-6,8,10-12,15,21,23-24H,4,7,9H2,1-3H3/t12?,15?,21-/m0/s1. The number of phenols is 2. The molecule has 0 saturated heterocycles. The Morgan fingerprint density at radius 1 is 1.20 bits per heavy atom. The van der Waals surface area contributed by atoms with Crippen LogP contribution >= 0.6 is 0 Å². The van der Waals surface area contributed by atoms with Crippen molar-refractivity contribution in [3.8, 4) is 11.5 Å². The molecule has 1 aliphatic rings. The Labute approximate surface area is 148 Å². The fraction of sp³-hybridized carbons (Fsp3) is 0.429. The Hall–Kier alpha value is -2.36. The number of benzene rings is 2. The monoisotopic (exact) mass is 339 g/mol. The normalized spacial score (nSPS) is 20.3. The third-order valence-corrected chi connectivity index (χ3v) is 5.61. The lowest BCUT2D eigenvalue weighted by Crippen LogP contribution is -2.14. The van der Waals surface area contributed by atoms with Crippen molar-refractivity contribution >= 4 is 5.69 Å². The van der Waals surface area contributed by atoms with Crippen LogP contribution in [0.3, 0.4) is 0 Å². The predicted molar refractivity (Wildman–Crippen MR) is 99.5 cm³/mol. The van der Waals surface area contributed by atoms with Crippen LogP contribution < -0.4 is 0 Å². The van der Waals surface area contributed by atoms with Crippen molar-refractivity contribution in [1.29, 1.82) is 0 Å². The minimum atomic E-state index is -0.0425. The van der Waals surface area contributed by atoms with E-state index in [-0.39, 0.29) is 23.1 Å². The molecule has 1 aliphatic carbocycles. The summed E-state index contributed by atoms with van der Waals surface area (Å²) in [6.45, 7) is 6.47. The Morgan fingerprint density at radius 3 is 2.60 bits per heavy atom. The molecule has 0 amide bonds. The topological polar surface area (TPSA) is 69.9 Å². The van der Waals surface area contributed by atoms with Gasteiger partial charge in [0.15, 0.2) is 0 Å². The van der Waals surface area contributed by atoms with Gasteiger partial charge in [0, 0.05) is 5.92 Å². The summed E-state index contributed by atoms with van der Waals surface area (Å²) in [6, 6.07) is 8.93. The molecule has 2 aromatic rings. The molecular weight excluding hydrogens is 314 g/mol. The first-order valence-electron chi connectivity index (χ1n) is 8.93. The zero-order valence-corrected chi connectivity index (χ0v) is 15.0. The first-order valence-corrected chi connectivity index (χ1v) is 8.93. The highest BCUT2D eigenvalue weighted by Crippen LogP contribution is 2.49. The van der Waals surface area contributed by atoms with E-state index in [2.05, 4.69) is 19.0 Å². The van der Waals surface area contributed by atoms with E-state index in [4.69, 9.17) is 0 Å². The summed E-state index contributed by atoms with van der Waals surface area (Å²) < 4.78 is 0. The second kappa shape index (κ2) is 6.87. The summed E-state index contributed by atoms with van der Waals surface area (Å²) in [5, 5.41) is 22.7. The first-order chi connectivity index (χ1) is 11.9. The van der Waals surface area contributed by atoms with Crippen LogP contribution in [0.1, 0.15) is 54.9 Å². The lowest BCUT2D eigenvalue weighted by atomic mass is 9.79. The van der Waals surface area contributed by atoms with Crippen LogP contribution in [0.2, 0.25) is 0 Å². The summed E-state index contributed by atoms with van der Waals surface area (Å²) in [5.41, 5.74) is 4.49. The van der Waals surface area contributed by atoms with Crippen LogP contribution in [0.15, 0.2) is 35.5 Å². The zero-order valence-electron chi connectivity index (χ0n) is 15.0. The van der Waals surface area contributed by atoms with Gasteiger partial charge >= 0.3 is 0 Å². The third kappa shape index (κ3) is 3.26. The van der Waals surface area contributed by atoms with Crippen LogP contribution in [-0.2, 0) is 6.42 Å². The number of rotatable bonds is 5. The van der Waals surface area contributed by atoms with Crippen LogP contribution in [-0.4, -0.2) is 10.2 Å². The van der Waals surface area contributed by atoms with Gasteiger partial charge in [-0.3, -0.25) is 0 Å². The highest BCUT2D eigenvalue weighted by molar-refractivity contribution is 5.60. The highest BCUT2D eigenvalue weighted by atomic mass is 16.3. The Balaban J connectivity index is 2.11. The fourth-order valence-electron chi connectivity index (χ4n) is 4.16. The molecule has 132 valence electrons. The van der Waals surface area contributed by atoms with Gasteiger partial charge in [0.05, 0.1) is 0 Å². The van der Waals surface area contributed by atoms with Gasteiger partial charge in [0.25, 0.3) is 0 Å². The second-order valence-corrected chi connectivity index (χ2v) is 7.36. The molecule has 2 aromatic carbocycles. The minimum Gasteiger partial charge on any atom is -0.508 e. The van der Waals surface area contributed by atoms with Crippen molar-refractivity contribution in [2.75, 3.05) is 0 Å². The van der Waals surface area contributed by atoms with Crippen LogP contribution in [0.25, 0.3) is 0 Å². The number of nitroso groups, excluding NO2 is 1. The van der Waals surface area contributed by atoms with E-state index < -0.39 is 0 Å². The summed E-state index contributed by atoms with van der Waals surface area (Å²) in [7, 11) is 0. The molecule has 2 N–H and O–H groups in total. The van der Waals surface area contributed by atoms with Gasteiger partial charge in [-0.1, -0.05) is 26.3 Å². The van der Waals surface area contributed by atoms with Gasteiger partial charge in [-0.15, -0.1) is 4.91 Å². The summed E-state index contributed by atoms with van der Waals surface area (Å²) in [4.78, 5) is 11.0. The van der Waals surface area contributed by atoms with Crippen molar-refractivity contribution in [2.45, 2.75) is 46.0 Å². The average molecular weight is 339 g/mol. The number of fused-ring (bicyclic) bond motifs is 1. The van der Waals surface area contributed by atoms with E-state index in [0.717, 1.165) is 36.0 Å². The molecule has 0 fully saturated rings. The molecule has 0 radical (unpaired) electrons. The predicted octanol–water partition coefficient (Wildman–Crippen LogP) is 5.54. The summed E-state index contributed by atoms with van der Waals surface area (Å²) in [5.74, 6) is 1.40. The third-order valence-electron chi connectivity index (χ3n) is 5.61. The van der Waals surface area contributed by atoms with Gasteiger partial charge in [0.1, 0.15) is 17.2 Å². The van der Waals surface area contributed by atoms with Crippen molar-refractivity contribution in [3.05, 3.63) is 57.5 Å². The second-order valence-electron chi connectivity index (χ2n) is 7.36. The maximum absolute atomic E-state index is 11.0. The SMILES string of the molecule is CCC(C)CC1Cc2cc(O)c(N=O)cc2[C@@H]1c1ccc(O)cc1C. The van der Waals surface area contributed by atoms with Crippen LogP contribution in [0, 0.1) is 23.7 Å². The number of phenolic OH excluding ortho intramolecular Hbond substituents is 2. The van der Waals surface area contributed by atoms with E-state index in [1.807, 2.05) is 13.0 Å². The van der Waals surface area contributed by atoms with Crippen LogP contribution in [0.5, 0.6) is 11.5 Å². The molecule has 0 aromatic heterocycles. The molecule has 4 nitrogen and oxygen atoms in total. The smallest absolute Gasteiger partial charge is 0.149 e. The molecule has 3 rings (SSSR count). The molecule has 2 unspecified atom stereocenters. The van der Waals surface area contributed by atoms with Gasteiger partial charge in [0.2, 0.25) is 0 Å². The van der Waals surface area contributed by atoms with Crippen molar-refractivity contribution in [2.24, 2.45) is 17.0 Å². The Bertz CT molecular complexity index is 800. The van der Waals surface area contributed by atoms with E-state index in [1.165, 1.54) is 5.56 Å². The van der Waals surface area contributed by atoms with Crippen molar-refractivity contribution < 1.29 is 10.2 Å². The number of aromatic hydroxyl groups is 2. The van der Waals surface area contributed by atoms with E-state index in [9.17, 15) is 15.1 Å². The largest absolute Gasteiger partial charge is 0.508 e. The lowest BCUT2D eigenvalue weighted by Gasteiger charge is -2.25. The number of hydrogen-bond donors (Lipinski definition) is 2. The highest BCUT2D eigenvalue weighted by Gasteiger charge is 2.36. The van der Waals surface area contributed by atoms with Gasteiger partial charge in [-0.05, 0) is 83.3 Å². The molecular formula is C21H25NO3. The fourth-order valence-corrected chi connectivity index (χ4v) is 4.16. The molecule has 0 bridgehead atoms. The Kier molecular flexibility index (Phi) is 4.80. The molecule has 0 saturated carbocycles. The summed E-state index contributed by atoms with van der Waals surface area (Å²) in [6.07, 6.45) is 3.10. The Morgan fingerprint density at radius 2 is 1.96 bits per heavy atom. The van der Waals surface area contributed by atoms with Crippen LogP contribution in [0.4, 0.5) is 5.69 Å². The lowest BCUT2D eigenvalue weighted by molar-refractivity contribution is 0.369. The maximum atomic E-state index is 11.0.